The van der Waals surface area contributed by atoms with Gasteiger partial charge in [0.15, 0.2) is 5.79 Å². The Kier molecular flexibility index (Phi) is 2.46. The maximum absolute atomic E-state index is 9.56. The Morgan fingerprint density at radius 3 is 3.00 bits per heavy atom. The predicted molar refractivity (Wildman–Crippen MR) is 39.6 cm³/mol. The summed E-state index contributed by atoms with van der Waals surface area (Å²) in [6.07, 6.45) is 6.54. The Bertz CT molecular complexity index is 131. The molecule has 2 heteroatoms. The summed E-state index contributed by atoms with van der Waals surface area (Å²) in [5.41, 5.74) is 0. The molecule has 58 valence electrons. The van der Waals surface area contributed by atoms with Crippen molar-refractivity contribution in [1.82, 2.24) is 0 Å². The number of rotatable bonds is 2. The molecule has 0 heterocycles. The van der Waals surface area contributed by atoms with Crippen LogP contribution in [0, 0.1) is 0 Å². The Morgan fingerprint density at radius 2 is 2.50 bits per heavy atom. The molecule has 0 radical (unpaired) electrons. The van der Waals surface area contributed by atoms with Crippen LogP contribution in [-0.2, 0) is 4.74 Å². The van der Waals surface area contributed by atoms with Crippen molar-refractivity contribution >= 4 is 0 Å². The molecule has 1 N–H and O–H groups in total. The molecule has 1 atom stereocenters. The van der Waals surface area contributed by atoms with E-state index in [2.05, 4.69) is 0 Å². The van der Waals surface area contributed by atoms with E-state index in [0.29, 0.717) is 6.61 Å². The van der Waals surface area contributed by atoms with Gasteiger partial charge in [-0.15, -0.1) is 0 Å². The molecule has 0 amide bonds. The third kappa shape index (κ3) is 1.82. The second-order valence-electron chi connectivity index (χ2n) is 2.57. The second kappa shape index (κ2) is 3.17. The lowest BCUT2D eigenvalue weighted by atomic mass is 10.0. The van der Waals surface area contributed by atoms with Crippen molar-refractivity contribution in [2.24, 2.45) is 0 Å². The van der Waals surface area contributed by atoms with Crippen molar-refractivity contribution in [2.75, 3.05) is 6.61 Å². The highest BCUT2D eigenvalue weighted by molar-refractivity contribution is 4.99. The van der Waals surface area contributed by atoms with Gasteiger partial charge in [0.05, 0.1) is 0 Å². The summed E-state index contributed by atoms with van der Waals surface area (Å²) in [5, 5.41) is 9.56. The van der Waals surface area contributed by atoms with Gasteiger partial charge in [-0.2, -0.15) is 0 Å². The van der Waals surface area contributed by atoms with Crippen molar-refractivity contribution in [3.8, 4) is 0 Å². The number of hydrogen-bond acceptors (Lipinski definition) is 2. The molecule has 10 heavy (non-hydrogen) atoms. The molecule has 0 saturated carbocycles. The van der Waals surface area contributed by atoms with Crippen molar-refractivity contribution < 1.29 is 9.84 Å². The zero-order valence-corrected chi connectivity index (χ0v) is 6.34. The number of ether oxygens (including phenoxy) is 1. The lowest BCUT2D eigenvalue weighted by Crippen LogP contribution is -2.31. The van der Waals surface area contributed by atoms with Gasteiger partial charge in [-0.25, -0.2) is 0 Å². The molecule has 1 rings (SSSR count). The van der Waals surface area contributed by atoms with E-state index in [9.17, 15) is 5.11 Å². The van der Waals surface area contributed by atoms with Crippen LogP contribution in [0.5, 0.6) is 0 Å². The van der Waals surface area contributed by atoms with E-state index in [1.165, 1.54) is 0 Å². The van der Waals surface area contributed by atoms with Gasteiger partial charge in [-0.3, -0.25) is 0 Å². The molecule has 1 aliphatic rings. The minimum absolute atomic E-state index is 0.570. The first kappa shape index (κ1) is 7.76. The maximum atomic E-state index is 9.56. The van der Waals surface area contributed by atoms with Gasteiger partial charge in [0, 0.05) is 13.0 Å². The van der Waals surface area contributed by atoms with Gasteiger partial charge < -0.3 is 9.84 Å². The fourth-order valence-corrected chi connectivity index (χ4v) is 1.19. The molecular weight excluding hydrogens is 128 g/mol. The highest BCUT2D eigenvalue weighted by Crippen LogP contribution is 2.22. The van der Waals surface area contributed by atoms with E-state index in [-0.39, 0.29) is 0 Å². The molecule has 0 aromatic carbocycles. The minimum atomic E-state index is -0.951. The molecule has 0 bridgehead atoms. The van der Waals surface area contributed by atoms with Crippen LogP contribution in [0.4, 0.5) is 0 Å². The third-order valence-electron chi connectivity index (χ3n) is 1.68. The molecule has 0 aromatic rings. The van der Waals surface area contributed by atoms with E-state index in [4.69, 9.17) is 4.74 Å². The molecule has 0 fully saturated rings. The summed E-state index contributed by atoms with van der Waals surface area (Å²) < 4.78 is 5.14. The van der Waals surface area contributed by atoms with Crippen LogP contribution in [0.3, 0.4) is 0 Å². The normalized spacial score (nSPS) is 32.6. The van der Waals surface area contributed by atoms with Crippen LogP contribution in [0.2, 0.25) is 0 Å². The molecule has 0 spiro atoms. The van der Waals surface area contributed by atoms with Gasteiger partial charge in [0.2, 0.25) is 0 Å². The van der Waals surface area contributed by atoms with Crippen molar-refractivity contribution in [3.63, 3.8) is 0 Å². The Balaban J connectivity index is 2.48. The summed E-state index contributed by atoms with van der Waals surface area (Å²) in [6.45, 7) is 2.46. The standard InChI is InChI=1S/C8H14O2/c1-2-10-8(9)6-4-3-5-7-8/h4,6,9H,2-3,5,7H2,1H3. The van der Waals surface area contributed by atoms with Gasteiger partial charge in [0.1, 0.15) is 0 Å². The average molecular weight is 142 g/mol. The quantitative estimate of drug-likeness (QED) is 0.467. The zero-order valence-electron chi connectivity index (χ0n) is 6.34. The van der Waals surface area contributed by atoms with Crippen LogP contribution >= 0.6 is 0 Å². The Hall–Kier alpha value is -0.340. The molecule has 1 unspecified atom stereocenters. The highest BCUT2D eigenvalue weighted by atomic mass is 16.6. The number of allylic oxidation sites excluding steroid dienone is 1. The van der Waals surface area contributed by atoms with Crippen LogP contribution in [-0.4, -0.2) is 17.5 Å². The van der Waals surface area contributed by atoms with Gasteiger partial charge >= 0.3 is 0 Å². The largest absolute Gasteiger partial charge is 0.362 e. The SMILES string of the molecule is CCOC1(O)C=CCCC1. The molecule has 1 aliphatic carbocycles. The maximum Gasteiger partial charge on any atom is 0.185 e. The van der Waals surface area contributed by atoms with E-state index in [1.54, 1.807) is 6.08 Å². The summed E-state index contributed by atoms with van der Waals surface area (Å²) in [4.78, 5) is 0. The van der Waals surface area contributed by atoms with Crippen LogP contribution in [0.25, 0.3) is 0 Å². The summed E-state index contributed by atoms with van der Waals surface area (Å²) in [5.74, 6) is -0.951. The fraction of sp³-hybridized carbons (Fsp3) is 0.750. The second-order valence-corrected chi connectivity index (χ2v) is 2.57. The number of hydrogen-bond donors (Lipinski definition) is 1. The van der Waals surface area contributed by atoms with Gasteiger partial charge in [-0.1, -0.05) is 6.08 Å². The monoisotopic (exact) mass is 142 g/mol. The first-order valence-electron chi connectivity index (χ1n) is 3.81. The van der Waals surface area contributed by atoms with Crippen LogP contribution in [0.15, 0.2) is 12.2 Å². The smallest absolute Gasteiger partial charge is 0.185 e. The van der Waals surface area contributed by atoms with E-state index >= 15 is 0 Å². The summed E-state index contributed by atoms with van der Waals surface area (Å²) in [6, 6.07) is 0. The summed E-state index contributed by atoms with van der Waals surface area (Å²) >= 11 is 0. The van der Waals surface area contributed by atoms with Crippen LogP contribution < -0.4 is 0 Å². The molecular formula is C8H14O2. The lowest BCUT2D eigenvalue weighted by molar-refractivity contribution is -0.170. The number of aliphatic hydroxyl groups is 1. The minimum Gasteiger partial charge on any atom is -0.362 e. The zero-order chi connectivity index (χ0) is 7.45. The Labute approximate surface area is 61.5 Å². The molecule has 2 nitrogen and oxygen atoms in total. The van der Waals surface area contributed by atoms with Gasteiger partial charge in [-0.05, 0) is 25.8 Å². The molecule has 0 saturated heterocycles. The van der Waals surface area contributed by atoms with Crippen molar-refractivity contribution in [3.05, 3.63) is 12.2 Å². The summed E-state index contributed by atoms with van der Waals surface area (Å²) in [7, 11) is 0. The molecule has 0 aromatic heterocycles. The van der Waals surface area contributed by atoms with Gasteiger partial charge in [0.25, 0.3) is 0 Å². The van der Waals surface area contributed by atoms with E-state index in [1.807, 2.05) is 13.0 Å². The first-order chi connectivity index (χ1) is 4.77. The van der Waals surface area contributed by atoms with E-state index < -0.39 is 5.79 Å². The Morgan fingerprint density at radius 1 is 1.70 bits per heavy atom. The van der Waals surface area contributed by atoms with Crippen molar-refractivity contribution in [2.45, 2.75) is 32.0 Å². The highest BCUT2D eigenvalue weighted by Gasteiger charge is 2.24. The third-order valence-corrected chi connectivity index (χ3v) is 1.68. The topological polar surface area (TPSA) is 29.5 Å². The van der Waals surface area contributed by atoms with E-state index in [0.717, 1.165) is 19.3 Å². The average Bonchev–Trinajstić information content (AvgIpc) is 1.89. The predicted octanol–water partition coefficient (Wildman–Crippen LogP) is 1.45. The fourth-order valence-electron chi connectivity index (χ4n) is 1.19. The lowest BCUT2D eigenvalue weighted by Gasteiger charge is -2.26. The first-order valence-corrected chi connectivity index (χ1v) is 3.81. The molecule has 0 aliphatic heterocycles. The van der Waals surface area contributed by atoms with Crippen molar-refractivity contribution in [1.29, 1.82) is 0 Å². The van der Waals surface area contributed by atoms with Crippen LogP contribution in [0.1, 0.15) is 26.2 Å².